The lowest BCUT2D eigenvalue weighted by atomic mass is 10.1. The summed E-state index contributed by atoms with van der Waals surface area (Å²) in [5.74, 6) is -1.34. The van der Waals surface area contributed by atoms with Crippen LogP contribution < -0.4 is 0 Å². The highest BCUT2D eigenvalue weighted by Gasteiger charge is 2.34. The first kappa shape index (κ1) is 18.2. The van der Waals surface area contributed by atoms with Gasteiger partial charge in [-0.05, 0) is 11.6 Å². The van der Waals surface area contributed by atoms with Gasteiger partial charge >= 0.3 is 18.1 Å². The topological polar surface area (TPSA) is 52.6 Å². The van der Waals surface area contributed by atoms with Gasteiger partial charge in [0.15, 0.2) is 0 Å². The molecule has 0 fully saturated rings. The second-order valence-electron chi connectivity index (χ2n) is 4.63. The number of methoxy groups -OCH3 is 2. The highest BCUT2D eigenvalue weighted by atomic mass is 28.3. The van der Waals surface area contributed by atoms with Crippen LogP contribution in [0.15, 0.2) is 39.5 Å². The van der Waals surface area contributed by atoms with Gasteiger partial charge in [0.2, 0.25) is 0 Å². The van der Waals surface area contributed by atoms with Gasteiger partial charge < -0.3 is 9.47 Å². The Morgan fingerprint density at radius 2 is 1.50 bits per heavy atom. The average molecular weight is 368 g/mol. The normalized spacial score (nSPS) is 14.6. The summed E-state index contributed by atoms with van der Waals surface area (Å²) in [7, 11) is 1.90. The van der Waals surface area contributed by atoms with Crippen LogP contribution in [-0.4, -0.2) is 45.2 Å². The van der Waals surface area contributed by atoms with E-state index in [1.165, 1.54) is 38.5 Å². The molecule has 0 aromatic heterocycles. The molecule has 4 radical (unpaired) electrons. The van der Waals surface area contributed by atoms with E-state index in [1.807, 2.05) is 0 Å². The van der Waals surface area contributed by atoms with Crippen LogP contribution in [-0.2, 0) is 25.2 Å². The fraction of sp³-hybridized carbons (Fsp3) is 0.200. The van der Waals surface area contributed by atoms with Gasteiger partial charge in [-0.1, -0.05) is 29.1 Å². The van der Waals surface area contributed by atoms with Crippen LogP contribution in [0.1, 0.15) is 11.1 Å². The van der Waals surface area contributed by atoms with E-state index in [0.717, 1.165) is 6.07 Å². The maximum Gasteiger partial charge on any atom is 0.416 e. The molecule has 0 atom stereocenters. The molecule has 0 spiro atoms. The molecule has 1 aliphatic heterocycles. The van der Waals surface area contributed by atoms with Crippen molar-refractivity contribution in [3.63, 3.8) is 0 Å². The number of hydrogen-bond acceptors (Lipinski definition) is 4. The van der Waals surface area contributed by atoms with E-state index in [9.17, 15) is 22.8 Å². The van der Waals surface area contributed by atoms with Crippen molar-refractivity contribution in [2.75, 3.05) is 14.2 Å². The van der Waals surface area contributed by atoms with Crippen LogP contribution in [0, 0.1) is 0 Å². The lowest BCUT2D eigenvalue weighted by Gasteiger charge is -2.10. The van der Waals surface area contributed by atoms with Crippen LogP contribution in [0.4, 0.5) is 13.2 Å². The summed E-state index contributed by atoms with van der Waals surface area (Å²) in [4.78, 5) is 24.1. The van der Waals surface area contributed by atoms with E-state index in [-0.39, 0.29) is 35.0 Å². The third-order valence-corrected chi connectivity index (χ3v) is 6.35. The van der Waals surface area contributed by atoms with Gasteiger partial charge in [0.05, 0.1) is 19.8 Å². The van der Waals surface area contributed by atoms with Gasteiger partial charge in [-0.3, -0.25) is 0 Å². The van der Waals surface area contributed by atoms with Crippen molar-refractivity contribution in [1.29, 1.82) is 0 Å². The molecule has 1 aromatic carbocycles. The fourth-order valence-corrected chi connectivity index (χ4v) is 5.28. The molecule has 0 N–H and O–H groups in total. The SMILES string of the molecule is COC(=O)C1=C(C(=O)OC)[Si]C(=Cc2ccccc2C(F)(F)F)[Si]1. The zero-order valence-corrected chi connectivity index (χ0v) is 14.7. The summed E-state index contributed by atoms with van der Waals surface area (Å²) in [6.07, 6.45) is -3.11. The average Bonchev–Trinajstić information content (AvgIpc) is 2.96. The third kappa shape index (κ3) is 3.85. The maximum atomic E-state index is 13.1. The van der Waals surface area contributed by atoms with Gasteiger partial charge in [-0.25, -0.2) is 9.59 Å². The van der Waals surface area contributed by atoms with Crippen molar-refractivity contribution in [3.05, 3.63) is 50.6 Å². The number of hydrogen-bond donors (Lipinski definition) is 0. The van der Waals surface area contributed by atoms with Crippen molar-refractivity contribution in [2.24, 2.45) is 0 Å². The number of halogens is 3. The van der Waals surface area contributed by atoms with E-state index in [4.69, 9.17) is 0 Å². The van der Waals surface area contributed by atoms with Crippen LogP contribution in [0.25, 0.3) is 6.08 Å². The summed E-state index contributed by atoms with van der Waals surface area (Å²) >= 11 is 0. The Morgan fingerprint density at radius 1 is 1.00 bits per heavy atom. The van der Waals surface area contributed by atoms with E-state index >= 15 is 0 Å². The van der Waals surface area contributed by atoms with Gasteiger partial charge in [-0.2, -0.15) is 13.2 Å². The van der Waals surface area contributed by atoms with Crippen molar-refractivity contribution in [1.82, 2.24) is 0 Å². The Bertz CT molecular complexity index is 708. The molecule has 2 rings (SSSR count). The first-order chi connectivity index (χ1) is 11.3. The molecule has 0 saturated heterocycles. The number of alkyl halides is 3. The first-order valence-electron chi connectivity index (χ1n) is 6.60. The lowest BCUT2D eigenvalue weighted by Crippen LogP contribution is -2.14. The van der Waals surface area contributed by atoms with Crippen molar-refractivity contribution >= 4 is 37.1 Å². The van der Waals surface area contributed by atoms with Crippen LogP contribution in [0.2, 0.25) is 0 Å². The summed E-state index contributed by atoms with van der Waals surface area (Å²) in [5.41, 5.74) is -0.770. The largest absolute Gasteiger partial charge is 0.466 e. The quantitative estimate of drug-likeness (QED) is 0.605. The molecule has 0 saturated carbocycles. The van der Waals surface area contributed by atoms with Crippen LogP contribution >= 0.6 is 0 Å². The molecule has 24 heavy (non-hydrogen) atoms. The maximum absolute atomic E-state index is 13.1. The molecule has 124 valence electrons. The Morgan fingerprint density at radius 3 is 1.96 bits per heavy atom. The number of ether oxygens (including phenoxy) is 2. The molecule has 1 aliphatic rings. The van der Waals surface area contributed by atoms with Gasteiger partial charge in [0, 0.05) is 10.4 Å². The minimum Gasteiger partial charge on any atom is -0.466 e. The predicted molar refractivity (Wildman–Crippen MR) is 82.0 cm³/mol. The Labute approximate surface area is 141 Å². The van der Waals surface area contributed by atoms with E-state index < -0.39 is 23.7 Å². The summed E-state index contributed by atoms with van der Waals surface area (Å²) in [6.45, 7) is 0. The molecule has 1 aromatic rings. The number of esters is 2. The minimum absolute atomic E-state index is 0.00432. The molecular weight excluding hydrogens is 357 g/mol. The van der Waals surface area contributed by atoms with Crippen molar-refractivity contribution < 1.29 is 32.2 Å². The van der Waals surface area contributed by atoms with Gasteiger partial charge in [0.25, 0.3) is 0 Å². The number of rotatable bonds is 3. The lowest BCUT2D eigenvalue weighted by molar-refractivity contribution is -0.138. The van der Waals surface area contributed by atoms with Gasteiger partial charge in [-0.15, -0.1) is 0 Å². The number of benzene rings is 1. The minimum atomic E-state index is -4.48. The highest BCUT2D eigenvalue weighted by Crippen LogP contribution is 2.33. The standard InChI is InChI=1S/C15H11F3O4Si2/c1-21-13(19)11-12(14(20)22-2)24-10(23-11)7-8-5-3-4-6-9(8)15(16,17)18/h3-7H,1-2H3. The smallest absolute Gasteiger partial charge is 0.416 e. The van der Waals surface area contributed by atoms with Crippen LogP contribution in [0.5, 0.6) is 0 Å². The summed E-state index contributed by atoms with van der Waals surface area (Å²) in [6, 6.07) is 5.14. The van der Waals surface area contributed by atoms with Crippen molar-refractivity contribution in [3.8, 4) is 0 Å². The molecule has 4 nitrogen and oxygen atoms in total. The zero-order valence-electron chi connectivity index (χ0n) is 12.7. The number of carbonyl (C=O) groups is 2. The monoisotopic (exact) mass is 368 g/mol. The summed E-state index contributed by atoms with van der Waals surface area (Å²) < 4.78 is 48.4. The third-order valence-electron chi connectivity index (χ3n) is 3.11. The molecule has 1 heterocycles. The first-order valence-corrected chi connectivity index (χ1v) is 8.60. The van der Waals surface area contributed by atoms with Gasteiger partial charge in [0.1, 0.15) is 19.0 Å². The second kappa shape index (κ2) is 7.18. The van der Waals surface area contributed by atoms with Crippen LogP contribution in [0.3, 0.4) is 0 Å². The molecular formula is C15H11F3O4Si2. The predicted octanol–water partition coefficient (Wildman–Crippen LogP) is 1.98. The zero-order chi connectivity index (χ0) is 17.9. The second-order valence-corrected chi connectivity index (χ2v) is 7.70. The number of carbonyl (C=O) groups excluding carboxylic acids is 2. The molecule has 0 amide bonds. The molecule has 0 bridgehead atoms. The van der Waals surface area contributed by atoms with E-state index in [0.29, 0.717) is 4.82 Å². The summed E-state index contributed by atoms with van der Waals surface area (Å²) in [5, 5.41) is 0.303. The fourth-order valence-electron chi connectivity index (χ4n) is 2.04. The van der Waals surface area contributed by atoms with Crippen molar-refractivity contribution in [2.45, 2.75) is 6.18 Å². The highest BCUT2D eigenvalue weighted by molar-refractivity contribution is 6.88. The van der Waals surface area contributed by atoms with E-state index in [1.54, 1.807) is 0 Å². The molecule has 9 heteroatoms. The Hall–Kier alpha value is -2.14. The molecule has 0 aliphatic carbocycles. The Balaban J connectivity index is 2.39. The van der Waals surface area contributed by atoms with E-state index in [2.05, 4.69) is 9.47 Å². The Kier molecular flexibility index (Phi) is 5.45. The molecule has 0 unspecified atom stereocenters.